The van der Waals surface area contributed by atoms with Crippen molar-refractivity contribution in [2.24, 2.45) is 0 Å². The molecule has 4 aromatic rings. The van der Waals surface area contributed by atoms with Crippen molar-refractivity contribution in [3.05, 3.63) is 73.3 Å². The van der Waals surface area contributed by atoms with Gasteiger partial charge in [0.25, 0.3) is 0 Å². The molecule has 0 atom stereocenters. The van der Waals surface area contributed by atoms with Gasteiger partial charge in [-0.15, -0.1) is 0 Å². The Balaban J connectivity index is 1.75. The van der Waals surface area contributed by atoms with Crippen molar-refractivity contribution in [1.29, 1.82) is 0 Å². The summed E-state index contributed by atoms with van der Waals surface area (Å²) >= 11 is 0. The third-order valence-corrected chi connectivity index (χ3v) is 3.36. The number of aromatic nitrogens is 6. The molecular weight excluding hydrogens is 300 g/mol. The molecule has 0 spiro atoms. The van der Waals surface area contributed by atoms with E-state index in [1.807, 2.05) is 42.5 Å². The maximum Gasteiger partial charge on any atom is 0.198 e. The highest BCUT2D eigenvalue weighted by Gasteiger charge is 2.09. The summed E-state index contributed by atoms with van der Waals surface area (Å²) in [6, 6.07) is 15.1. The predicted octanol–water partition coefficient (Wildman–Crippen LogP) is 3.06. The summed E-state index contributed by atoms with van der Waals surface area (Å²) < 4.78 is 0. The van der Waals surface area contributed by atoms with Crippen LogP contribution in [0.15, 0.2) is 73.3 Å². The molecule has 0 N–H and O–H groups in total. The molecule has 114 valence electrons. The van der Waals surface area contributed by atoms with Gasteiger partial charge in [0.05, 0.1) is 22.8 Å². The van der Waals surface area contributed by atoms with Crippen LogP contribution in [0.3, 0.4) is 0 Å². The Kier molecular flexibility index (Phi) is 3.69. The van der Waals surface area contributed by atoms with Crippen LogP contribution in [0.5, 0.6) is 0 Å². The lowest BCUT2D eigenvalue weighted by molar-refractivity contribution is 1.07. The minimum absolute atomic E-state index is 0.470. The Bertz CT molecular complexity index is 876. The SMILES string of the molecule is c1ccc(-c2cccc(-c3ccnc(-c4ncccn4)n3)n2)nc1. The first kappa shape index (κ1) is 14.1. The van der Waals surface area contributed by atoms with Gasteiger partial charge in [0.2, 0.25) is 0 Å². The van der Waals surface area contributed by atoms with E-state index in [0.29, 0.717) is 17.3 Å². The molecule has 0 unspecified atom stereocenters. The van der Waals surface area contributed by atoms with E-state index in [2.05, 4.69) is 29.9 Å². The second-order valence-corrected chi connectivity index (χ2v) is 4.96. The molecule has 0 aliphatic carbocycles. The molecule has 0 fully saturated rings. The van der Waals surface area contributed by atoms with Gasteiger partial charge in [-0.1, -0.05) is 12.1 Å². The molecule has 4 rings (SSSR count). The van der Waals surface area contributed by atoms with Crippen molar-refractivity contribution >= 4 is 0 Å². The summed E-state index contributed by atoms with van der Waals surface area (Å²) in [4.78, 5) is 26.1. The lowest BCUT2D eigenvalue weighted by Crippen LogP contribution is -1.97. The van der Waals surface area contributed by atoms with Crippen molar-refractivity contribution in [2.45, 2.75) is 0 Å². The fourth-order valence-corrected chi connectivity index (χ4v) is 2.26. The molecule has 0 radical (unpaired) electrons. The number of hydrogen-bond donors (Lipinski definition) is 0. The topological polar surface area (TPSA) is 77.3 Å². The van der Waals surface area contributed by atoms with E-state index in [9.17, 15) is 0 Å². The van der Waals surface area contributed by atoms with E-state index in [0.717, 1.165) is 17.1 Å². The average molecular weight is 312 g/mol. The second-order valence-electron chi connectivity index (χ2n) is 4.96. The van der Waals surface area contributed by atoms with Gasteiger partial charge >= 0.3 is 0 Å². The molecule has 4 heterocycles. The molecule has 6 heteroatoms. The quantitative estimate of drug-likeness (QED) is 0.578. The van der Waals surface area contributed by atoms with Crippen molar-refractivity contribution < 1.29 is 0 Å². The molecule has 0 bridgehead atoms. The molecule has 0 aliphatic rings. The first-order valence-electron chi connectivity index (χ1n) is 7.39. The van der Waals surface area contributed by atoms with E-state index < -0.39 is 0 Å². The Labute approximate surface area is 138 Å². The highest BCUT2D eigenvalue weighted by molar-refractivity contribution is 5.62. The van der Waals surface area contributed by atoms with Crippen molar-refractivity contribution in [3.63, 3.8) is 0 Å². The molecule has 24 heavy (non-hydrogen) atoms. The summed E-state index contributed by atoms with van der Waals surface area (Å²) in [7, 11) is 0. The van der Waals surface area contributed by atoms with Gasteiger partial charge in [-0.3, -0.25) is 4.98 Å². The minimum Gasteiger partial charge on any atom is -0.255 e. The van der Waals surface area contributed by atoms with Crippen LogP contribution < -0.4 is 0 Å². The van der Waals surface area contributed by atoms with Crippen LogP contribution in [0.4, 0.5) is 0 Å². The van der Waals surface area contributed by atoms with Crippen molar-refractivity contribution in [1.82, 2.24) is 29.9 Å². The fraction of sp³-hybridized carbons (Fsp3) is 0. The lowest BCUT2D eigenvalue weighted by atomic mass is 10.2. The monoisotopic (exact) mass is 312 g/mol. The van der Waals surface area contributed by atoms with E-state index in [1.54, 1.807) is 30.9 Å². The van der Waals surface area contributed by atoms with Gasteiger partial charge in [0, 0.05) is 24.8 Å². The normalized spacial score (nSPS) is 10.5. The Morgan fingerprint density at radius 3 is 1.88 bits per heavy atom. The fourth-order valence-electron chi connectivity index (χ4n) is 2.26. The maximum absolute atomic E-state index is 4.65. The maximum atomic E-state index is 4.65. The highest BCUT2D eigenvalue weighted by atomic mass is 15.0. The molecule has 0 saturated carbocycles. The Hall–Kier alpha value is -3.54. The Morgan fingerprint density at radius 1 is 0.417 bits per heavy atom. The zero-order valence-electron chi connectivity index (χ0n) is 12.6. The lowest BCUT2D eigenvalue weighted by Gasteiger charge is -2.05. The van der Waals surface area contributed by atoms with Gasteiger partial charge in [-0.25, -0.2) is 24.9 Å². The summed E-state index contributed by atoms with van der Waals surface area (Å²) in [5.74, 6) is 0.957. The van der Waals surface area contributed by atoms with E-state index in [4.69, 9.17) is 0 Å². The molecule has 0 aliphatic heterocycles. The van der Waals surface area contributed by atoms with Gasteiger partial charge < -0.3 is 0 Å². The molecule has 4 aromatic heterocycles. The Morgan fingerprint density at radius 2 is 1.08 bits per heavy atom. The van der Waals surface area contributed by atoms with Crippen LogP contribution in [-0.2, 0) is 0 Å². The van der Waals surface area contributed by atoms with Crippen LogP contribution in [-0.4, -0.2) is 29.9 Å². The number of nitrogens with zero attached hydrogens (tertiary/aromatic N) is 6. The standard InChI is InChI=1S/C18H12N6/c1-2-9-19-13(5-1)14-6-3-7-15(23-14)16-8-12-22-18(24-16)17-20-10-4-11-21-17/h1-12H. The molecule has 6 nitrogen and oxygen atoms in total. The summed E-state index contributed by atoms with van der Waals surface area (Å²) in [5.41, 5.74) is 3.08. The van der Waals surface area contributed by atoms with Crippen LogP contribution >= 0.6 is 0 Å². The summed E-state index contributed by atoms with van der Waals surface area (Å²) in [6.45, 7) is 0. The third kappa shape index (κ3) is 2.85. The highest BCUT2D eigenvalue weighted by Crippen LogP contribution is 2.21. The van der Waals surface area contributed by atoms with Gasteiger partial charge in [-0.2, -0.15) is 0 Å². The van der Waals surface area contributed by atoms with Crippen molar-refractivity contribution in [3.8, 4) is 34.4 Å². The van der Waals surface area contributed by atoms with Crippen LogP contribution in [0, 0.1) is 0 Å². The van der Waals surface area contributed by atoms with E-state index >= 15 is 0 Å². The van der Waals surface area contributed by atoms with Gasteiger partial charge in [0.1, 0.15) is 0 Å². The van der Waals surface area contributed by atoms with Crippen LogP contribution in [0.1, 0.15) is 0 Å². The molecule has 0 aromatic carbocycles. The average Bonchev–Trinajstić information content (AvgIpc) is 2.70. The smallest absolute Gasteiger partial charge is 0.198 e. The summed E-state index contributed by atoms with van der Waals surface area (Å²) in [5, 5.41) is 0. The predicted molar refractivity (Wildman–Crippen MR) is 89.5 cm³/mol. The number of rotatable bonds is 3. The van der Waals surface area contributed by atoms with E-state index in [-0.39, 0.29) is 0 Å². The zero-order valence-corrected chi connectivity index (χ0v) is 12.6. The first-order valence-corrected chi connectivity index (χ1v) is 7.39. The second kappa shape index (κ2) is 6.29. The van der Waals surface area contributed by atoms with Gasteiger partial charge in [0.15, 0.2) is 11.6 Å². The zero-order chi connectivity index (χ0) is 16.2. The first-order chi connectivity index (χ1) is 11.9. The largest absolute Gasteiger partial charge is 0.255 e. The molecule has 0 saturated heterocycles. The van der Waals surface area contributed by atoms with E-state index in [1.165, 1.54) is 0 Å². The summed E-state index contributed by atoms with van der Waals surface area (Å²) in [6.07, 6.45) is 6.76. The minimum atomic E-state index is 0.470. The van der Waals surface area contributed by atoms with Gasteiger partial charge in [-0.05, 0) is 36.4 Å². The van der Waals surface area contributed by atoms with Crippen molar-refractivity contribution in [2.75, 3.05) is 0 Å². The number of pyridine rings is 2. The third-order valence-electron chi connectivity index (χ3n) is 3.36. The molecular formula is C18H12N6. The van der Waals surface area contributed by atoms with Crippen LogP contribution in [0.25, 0.3) is 34.4 Å². The molecule has 0 amide bonds. The number of hydrogen-bond acceptors (Lipinski definition) is 6. The van der Waals surface area contributed by atoms with Crippen LogP contribution in [0.2, 0.25) is 0 Å².